The van der Waals surface area contributed by atoms with Crippen molar-refractivity contribution in [3.63, 3.8) is 0 Å². The molecular weight excluding hydrogens is 315 g/mol. The van der Waals surface area contributed by atoms with Crippen molar-refractivity contribution in [2.45, 2.75) is 38.3 Å². The van der Waals surface area contributed by atoms with Gasteiger partial charge >= 0.3 is 6.18 Å². The Morgan fingerprint density at radius 2 is 1.90 bits per heavy atom. The Labute approximate surface area is 123 Å². The summed E-state index contributed by atoms with van der Waals surface area (Å²) in [5.41, 5.74) is -0.737. The highest BCUT2D eigenvalue weighted by atomic mass is 35.5. The molecule has 0 unspecified atom stereocenters. The minimum absolute atomic E-state index is 0.0280. The molecule has 0 N–H and O–H groups in total. The number of hydrogen-bond acceptors (Lipinski definition) is 2. The first-order valence-corrected chi connectivity index (χ1v) is 6.85. The number of halogens is 6. The molecule has 0 amide bonds. The lowest BCUT2D eigenvalue weighted by Crippen LogP contribution is -2.28. The monoisotopic (exact) mass is 328 g/mol. The summed E-state index contributed by atoms with van der Waals surface area (Å²) in [4.78, 5) is 5.05. The van der Waals surface area contributed by atoms with E-state index in [4.69, 9.17) is 11.6 Å². The standard InChI is InChI=1S/C13H14ClF5N2/c1-8-7-9(14)10(13(17,18)19)20-11(8)21-5-2-3-12(15,16)4-6-21/h7H,2-6H2,1H3. The van der Waals surface area contributed by atoms with E-state index in [1.165, 1.54) is 11.0 Å². The van der Waals surface area contributed by atoms with Gasteiger partial charge in [-0.05, 0) is 25.0 Å². The Morgan fingerprint density at radius 1 is 1.24 bits per heavy atom. The maximum Gasteiger partial charge on any atom is 0.434 e. The number of aryl methyl sites for hydroxylation is 1. The first kappa shape index (κ1) is 16.3. The Hall–Kier alpha value is -1.11. The number of pyridine rings is 1. The molecule has 0 aromatic carbocycles. The zero-order chi connectivity index (χ0) is 15.8. The maximum atomic E-state index is 13.3. The third-order valence-corrected chi connectivity index (χ3v) is 3.71. The van der Waals surface area contributed by atoms with Crippen LogP contribution >= 0.6 is 11.6 Å². The lowest BCUT2D eigenvalue weighted by Gasteiger charge is -2.24. The van der Waals surface area contributed by atoms with E-state index in [0.29, 0.717) is 5.56 Å². The quantitative estimate of drug-likeness (QED) is 0.695. The molecule has 1 aliphatic rings. The third-order valence-electron chi connectivity index (χ3n) is 3.43. The molecule has 0 radical (unpaired) electrons. The molecule has 0 saturated carbocycles. The summed E-state index contributed by atoms with van der Waals surface area (Å²) >= 11 is 5.58. The summed E-state index contributed by atoms with van der Waals surface area (Å²) in [7, 11) is 0. The third kappa shape index (κ3) is 3.75. The van der Waals surface area contributed by atoms with Gasteiger partial charge in [-0.2, -0.15) is 13.2 Å². The van der Waals surface area contributed by atoms with Crippen LogP contribution in [0.15, 0.2) is 6.07 Å². The minimum Gasteiger partial charge on any atom is -0.356 e. The number of anilines is 1. The van der Waals surface area contributed by atoms with Gasteiger partial charge in [-0.1, -0.05) is 11.6 Å². The van der Waals surface area contributed by atoms with Gasteiger partial charge in [-0.25, -0.2) is 13.8 Å². The van der Waals surface area contributed by atoms with E-state index in [1.807, 2.05) is 0 Å². The Morgan fingerprint density at radius 3 is 2.52 bits per heavy atom. The van der Waals surface area contributed by atoms with Gasteiger partial charge in [0.05, 0.1) is 5.02 Å². The van der Waals surface area contributed by atoms with Crippen LogP contribution in [0.25, 0.3) is 0 Å². The molecule has 1 aliphatic heterocycles. The predicted molar refractivity (Wildman–Crippen MR) is 70.0 cm³/mol. The number of aromatic nitrogens is 1. The fourth-order valence-corrected chi connectivity index (χ4v) is 2.68. The van der Waals surface area contributed by atoms with Gasteiger partial charge in [0.25, 0.3) is 0 Å². The van der Waals surface area contributed by atoms with Crippen LogP contribution in [-0.4, -0.2) is 24.0 Å². The molecule has 2 nitrogen and oxygen atoms in total. The molecule has 1 fully saturated rings. The van der Waals surface area contributed by atoms with Gasteiger partial charge in [0.15, 0.2) is 5.69 Å². The van der Waals surface area contributed by atoms with Gasteiger partial charge in [-0.15, -0.1) is 0 Å². The predicted octanol–water partition coefficient (Wildman–Crippen LogP) is 4.69. The maximum absolute atomic E-state index is 13.3. The average Bonchev–Trinajstić information content (AvgIpc) is 2.49. The SMILES string of the molecule is Cc1cc(Cl)c(C(F)(F)F)nc1N1CCCC(F)(F)CC1. The summed E-state index contributed by atoms with van der Waals surface area (Å²) in [6.07, 6.45) is -5.12. The number of hydrogen-bond donors (Lipinski definition) is 0. The zero-order valence-electron chi connectivity index (χ0n) is 11.3. The van der Waals surface area contributed by atoms with E-state index in [9.17, 15) is 22.0 Å². The first-order chi connectivity index (χ1) is 9.60. The van der Waals surface area contributed by atoms with Crippen molar-refractivity contribution < 1.29 is 22.0 Å². The van der Waals surface area contributed by atoms with E-state index in [1.54, 1.807) is 6.92 Å². The van der Waals surface area contributed by atoms with Crippen LogP contribution in [-0.2, 0) is 6.18 Å². The van der Waals surface area contributed by atoms with E-state index in [-0.39, 0.29) is 31.7 Å². The highest BCUT2D eigenvalue weighted by Crippen LogP contribution is 2.37. The molecule has 1 aromatic heterocycles. The van der Waals surface area contributed by atoms with Gasteiger partial charge in [0.1, 0.15) is 5.82 Å². The normalized spacial score (nSPS) is 19.5. The van der Waals surface area contributed by atoms with Crippen LogP contribution < -0.4 is 4.90 Å². The Balaban J connectivity index is 2.35. The second kappa shape index (κ2) is 5.59. The van der Waals surface area contributed by atoms with Crippen LogP contribution in [0.4, 0.5) is 27.8 Å². The van der Waals surface area contributed by atoms with Crippen molar-refractivity contribution in [3.8, 4) is 0 Å². The van der Waals surface area contributed by atoms with Crippen molar-refractivity contribution in [2.75, 3.05) is 18.0 Å². The molecule has 8 heteroatoms. The number of rotatable bonds is 1. The van der Waals surface area contributed by atoms with E-state index in [0.717, 1.165) is 0 Å². The fraction of sp³-hybridized carbons (Fsp3) is 0.615. The molecule has 2 rings (SSSR count). The average molecular weight is 329 g/mol. The van der Waals surface area contributed by atoms with Crippen molar-refractivity contribution in [1.29, 1.82) is 0 Å². The highest BCUT2D eigenvalue weighted by molar-refractivity contribution is 6.31. The second-order valence-corrected chi connectivity index (χ2v) is 5.56. The summed E-state index contributed by atoms with van der Waals surface area (Å²) in [6, 6.07) is 1.18. The highest BCUT2D eigenvalue weighted by Gasteiger charge is 2.37. The zero-order valence-corrected chi connectivity index (χ0v) is 12.0. The second-order valence-electron chi connectivity index (χ2n) is 5.15. The molecule has 0 spiro atoms. The number of nitrogens with zero attached hydrogens (tertiary/aromatic N) is 2. The largest absolute Gasteiger partial charge is 0.434 e. The Kier molecular flexibility index (Phi) is 4.33. The minimum atomic E-state index is -4.67. The number of alkyl halides is 5. The van der Waals surface area contributed by atoms with Crippen LogP contribution in [0.1, 0.15) is 30.5 Å². The van der Waals surface area contributed by atoms with Crippen molar-refractivity contribution in [3.05, 3.63) is 22.3 Å². The van der Waals surface area contributed by atoms with E-state index in [2.05, 4.69) is 4.98 Å². The van der Waals surface area contributed by atoms with E-state index >= 15 is 0 Å². The first-order valence-electron chi connectivity index (χ1n) is 6.47. The molecule has 1 saturated heterocycles. The smallest absolute Gasteiger partial charge is 0.356 e. The molecule has 0 atom stereocenters. The van der Waals surface area contributed by atoms with Gasteiger partial charge < -0.3 is 4.90 Å². The van der Waals surface area contributed by atoms with Gasteiger partial charge in [0.2, 0.25) is 5.92 Å². The lowest BCUT2D eigenvalue weighted by molar-refractivity contribution is -0.141. The summed E-state index contributed by atoms with van der Waals surface area (Å²) in [6.45, 7) is 1.79. The van der Waals surface area contributed by atoms with Gasteiger partial charge in [-0.3, -0.25) is 0 Å². The summed E-state index contributed by atoms with van der Waals surface area (Å²) < 4.78 is 65.2. The molecule has 21 heavy (non-hydrogen) atoms. The molecule has 0 bridgehead atoms. The van der Waals surface area contributed by atoms with E-state index < -0.39 is 29.2 Å². The van der Waals surface area contributed by atoms with Crippen LogP contribution in [0.5, 0.6) is 0 Å². The summed E-state index contributed by atoms with van der Waals surface area (Å²) in [5, 5.41) is -0.482. The van der Waals surface area contributed by atoms with Crippen molar-refractivity contribution in [2.24, 2.45) is 0 Å². The summed E-state index contributed by atoms with van der Waals surface area (Å²) in [5.74, 6) is -2.70. The van der Waals surface area contributed by atoms with Crippen LogP contribution in [0.2, 0.25) is 5.02 Å². The molecule has 2 heterocycles. The van der Waals surface area contributed by atoms with Crippen LogP contribution in [0.3, 0.4) is 0 Å². The molecular formula is C13H14ClF5N2. The van der Waals surface area contributed by atoms with Crippen molar-refractivity contribution >= 4 is 17.4 Å². The van der Waals surface area contributed by atoms with Crippen LogP contribution in [0, 0.1) is 6.92 Å². The molecule has 1 aromatic rings. The van der Waals surface area contributed by atoms with Crippen molar-refractivity contribution in [1.82, 2.24) is 4.98 Å². The molecule has 118 valence electrons. The Bertz CT molecular complexity index is 530. The van der Waals surface area contributed by atoms with Gasteiger partial charge in [0, 0.05) is 25.9 Å². The molecule has 0 aliphatic carbocycles. The topological polar surface area (TPSA) is 16.1 Å². The lowest BCUT2D eigenvalue weighted by atomic mass is 10.1. The fourth-order valence-electron chi connectivity index (χ4n) is 2.37.